The summed E-state index contributed by atoms with van der Waals surface area (Å²) in [5.41, 5.74) is 3.64. The van der Waals surface area contributed by atoms with Gasteiger partial charge in [-0.1, -0.05) is 0 Å². The lowest BCUT2D eigenvalue weighted by Gasteiger charge is -2.19. The first-order chi connectivity index (χ1) is 15.5. The number of aryl methyl sites for hydroxylation is 2. The quantitative estimate of drug-likeness (QED) is 0.409. The zero-order valence-corrected chi connectivity index (χ0v) is 19.3. The maximum atomic E-state index is 10.1. The molecule has 9 heteroatoms. The molecule has 4 N–H and O–H groups in total. The van der Waals surface area contributed by atoms with E-state index >= 15 is 0 Å². The fourth-order valence-corrected chi connectivity index (χ4v) is 5.61. The second-order valence-electron chi connectivity index (χ2n) is 9.11. The molecule has 0 saturated heterocycles. The highest BCUT2D eigenvalue weighted by atomic mass is 32.1. The maximum absolute atomic E-state index is 10.1. The minimum Gasteiger partial charge on any atom is -0.394 e. The molecule has 0 bridgehead atoms. The van der Waals surface area contributed by atoms with Crippen LogP contribution in [0.25, 0.3) is 20.8 Å². The monoisotopic (exact) mass is 454 g/mol. The number of hydrogen-bond acceptors (Lipinski definition) is 9. The van der Waals surface area contributed by atoms with Crippen LogP contribution in [0.4, 0.5) is 11.8 Å². The maximum Gasteiger partial charge on any atom is 0.224 e. The van der Waals surface area contributed by atoms with Crippen LogP contribution in [0.2, 0.25) is 0 Å². The molecule has 0 amide bonds. The van der Waals surface area contributed by atoms with Gasteiger partial charge >= 0.3 is 0 Å². The second-order valence-corrected chi connectivity index (χ2v) is 10.1. The van der Waals surface area contributed by atoms with Crippen molar-refractivity contribution in [3.8, 4) is 10.6 Å². The highest BCUT2D eigenvalue weighted by Gasteiger charge is 2.31. The highest BCUT2D eigenvalue weighted by Crippen LogP contribution is 2.39. The lowest BCUT2D eigenvalue weighted by Crippen LogP contribution is -2.24. The third kappa shape index (κ3) is 4.42. The summed E-state index contributed by atoms with van der Waals surface area (Å²) in [6.45, 7) is 4.70. The number of aliphatic hydroxyl groups is 2. The number of thiazole rings is 1. The number of pyridine rings is 1. The molecule has 170 valence electrons. The molecule has 3 aromatic rings. The Morgan fingerprint density at radius 2 is 1.97 bits per heavy atom. The predicted octanol–water partition coefficient (Wildman–Crippen LogP) is 3.52. The zero-order valence-electron chi connectivity index (χ0n) is 18.5. The minimum absolute atomic E-state index is 0.104. The number of anilines is 2. The molecule has 0 radical (unpaired) electrons. The molecule has 3 heterocycles. The van der Waals surface area contributed by atoms with Crippen LogP contribution in [0.1, 0.15) is 43.5 Å². The molecule has 2 fully saturated rings. The van der Waals surface area contributed by atoms with E-state index in [9.17, 15) is 10.2 Å². The van der Waals surface area contributed by atoms with Gasteiger partial charge in [0.15, 0.2) is 0 Å². The van der Waals surface area contributed by atoms with E-state index < -0.39 is 6.10 Å². The standard InChI is InChI=1S/C23H30N6O2S/c1-12-19(22-28-20-13(2)24-8-7-18(20)32-22)21(29-23(26-12)25-10-14-3-4-14)27-16-6-5-15(9-16)17(31)11-30/h7-8,14-17,30-31H,3-6,9-11H2,1-2H3,(H2,25,26,27,29). The van der Waals surface area contributed by atoms with Crippen LogP contribution in [0.15, 0.2) is 12.3 Å². The molecule has 0 aromatic carbocycles. The van der Waals surface area contributed by atoms with Gasteiger partial charge < -0.3 is 20.8 Å². The van der Waals surface area contributed by atoms with E-state index in [4.69, 9.17) is 15.0 Å². The Balaban J connectivity index is 1.48. The lowest BCUT2D eigenvalue weighted by molar-refractivity contribution is 0.0491. The van der Waals surface area contributed by atoms with E-state index in [-0.39, 0.29) is 18.6 Å². The number of hydrogen-bond donors (Lipinski definition) is 4. The van der Waals surface area contributed by atoms with Gasteiger partial charge in [0.25, 0.3) is 0 Å². The number of nitrogens with one attached hydrogen (secondary N) is 2. The summed E-state index contributed by atoms with van der Waals surface area (Å²) in [5.74, 6) is 2.26. The van der Waals surface area contributed by atoms with Crippen LogP contribution in [-0.4, -0.2) is 55.4 Å². The molecule has 3 atom stereocenters. The van der Waals surface area contributed by atoms with Crippen LogP contribution in [-0.2, 0) is 0 Å². The summed E-state index contributed by atoms with van der Waals surface area (Å²) in [6, 6.07) is 2.18. The van der Waals surface area contributed by atoms with E-state index in [2.05, 4.69) is 15.6 Å². The first kappa shape index (κ1) is 21.5. The largest absolute Gasteiger partial charge is 0.394 e. The van der Waals surface area contributed by atoms with E-state index in [0.29, 0.717) is 5.95 Å². The fraction of sp³-hybridized carbons (Fsp3) is 0.565. The van der Waals surface area contributed by atoms with E-state index in [0.717, 1.165) is 69.7 Å². The molecule has 0 aliphatic heterocycles. The summed E-state index contributed by atoms with van der Waals surface area (Å²) in [5, 5.41) is 27.3. The molecule has 8 nitrogen and oxygen atoms in total. The Hall–Kier alpha value is -2.36. The minimum atomic E-state index is -0.663. The summed E-state index contributed by atoms with van der Waals surface area (Å²) in [7, 11) is 0. The normalized spacial score (nSPS) is 21.8. The van der Waals surface area contributed by atoms with Gasteiger partial charge in [-0.05, 0) is 63.9 Å². The second kappa shape index (κ2) is 8.88. The molecule has 0 spiro atoms. The molecule has 3 unspecified atom stereocenters. The van der Waals surface area contributed by atoms with E-state index in [1.165, 1.54) is 12.8 Å². The van der Waals surface area contributed by atoms with Crippen molar-refractivity contribution in [1.29, 1.82) is 0 Å². The van der Waals surface area contributed by atoms with Crippen LogP contribution in [0.5, 0.6) is 0 Å². The average Bonchev–Trinajstić information content (AvgIpc) is 3.32. The topological polar surface area (TPSA) is 116 Å². The third-order valence-corrected chi connectivity index (χ3v) is 7.62. The molecular weight excluding hydrogens is 424 g/mol. The number of rotatable bonds is 8. The summed E-state index contributed by atoms with van der Waals surface area (Å²) in [6.07, 6.45) is 6.31. The number of aromatic nitrogens is 4. The SMILES string of the molecule is Cc1nc(NCC2CC2)nc(NC2CCC(C(O)CO)C2)c1-c1nc2c(C)nccc2s1. The molecular formula is C23H30N6O2S. The van der Waals surface area contributed by atoms with Gasteiger partial charge in [-0.15, -0.1) is 11.3 Å². The van der Waals surface area contributed by atoms with E-state index in [1.807, 2.05) is 26.1 Å². The summed E-state index contributed by atoms with van der Waals surface area (Å²) >= 11 is 1.63. The Labute approximate surface area is 191 Å². The predicted molar refractivity (Wildman–Crippen MR) is 127 cm³/mol. The van der Waals surface area contributed by atoms with Crippen LogP contribution < -0.4 is 10.6 Å². The fourth-order valence-electron chi connectivity index (χ4n) is 4.50. The van der Waals surface area contributed by atoms with Crippen molar-refractivity contribution in [2.45, 2.75) is 58.1 Å². The third-order valence-electron chi connectivity index (χ3n) is 6.58. The molecule has 2 aliphatic carbocycles. The van der Waals surface area contributed by atoms with Crippen molar-refractivity contribution >= 4 is 33.3 Å². The van der Waals surface area contributed by atoms with Gasteiger partial charge in [-0.2, -0.15) is 4.98 Å². The van der Waals surface area contributed by atoms with Crippen LogP contribution in [0, 0.1) is 25.7 Å². The summed E-state index contributed by atoms with van der Waals surface area (Å²) < 4.78 is 1.10. The highest BCUT2D eigenvalue weighted by molar-refractivity contribution is 7.21. The van der Waals surface area contributed by atoms with Gasteiger partial charge in [0.05, 0.1) is 34.4 Å². The van der Waals surface area contributed by atoms with Crippen LogP contribution >= 0.6 is 11.3 Å². The molecule has 5 rings (SSSR count). The molecule has 2 saturated carbocycles. The van der Waals surface area contributed by atoms with Gasteiger partial charge in [-0.3, -0.25) is 4.98 Å². The molecule has 2 aliphatic rings. The van der Waals surface area contributed by atoms with Crippen molar-refractivity contribution in [3.63, 3.8) is 0 Å². The average molecular weight is 455 g/mol. The van der Waals surface area contributed by atoms with E-state index in [1.54, 1.807) is 11.3 Å². The van der Waals surface area contributed by atoms with Crippen molar-refractivity contribution in [2.75, 3.05) is 23.8 Å². The van der Waals surface area contributed by atoms with Crippen molar-refractivity contribution in [1.82, 2.24) is 19.9 Å². The van der Waals surface area contributed by atoms with Crippen molar-refractivity contribution < 1.29 is 10.2 Å². The van der Waals surface area contributed by atoms with Gasteiger partial charge in [-0.25, -0.2) is 9.97 Å². The van der Waals surface area contributed by atoms with Gasteiger partial charge in [0, 0.05) is 18.8 Å². The zero-order chi connectivity index (χ0) is 22.2. The van der Waals surface area contributed by atoms with Crippen LogP contribution in [0.3, 0.4) is 0 Å². The number of nitrogens with zero attached hydrogens (tertiary/aromatic N) is 4. The number of aliphatic hydroxyl groups excluding tert-OH is 2. The van der Waals surface area contributed by atoms with Gasteiger partial charge in [0.2, 0.25) is 5.95 Å². The van der Waals surface area contributed by atoms with Crippen molar-refractivity contribution in [3.05, 3.63) is 23.7 Å². The molecule has 32 heavy (non-hydrogen) atoms. The smallest absolute Gasteiger partial charge is 0.224 e. The number of fused-ring (bicyclic) bond motifs is 1. The van der Waals surface area contributed by atoms with Gasteiger partial charge in [0.1, 0.15) is 16.3 Å². The lowest BCUT2D eigenvalue weighted by atomic mass is 10.0. The molecule has 3 aromatic heterocycles. The Morgan fingerprint density at radius 1 is 1.12 bits per heavy atom. The Morgan fingerprint density at radius 3 is 2.72 bits per heavy atom. The summed E-state index contributed by atoms with van der Waals surface area (Å²) in [4.78, 5) is 18.9. The Bertz CT molecular complexity index is 1120. The van der Waals surface area contributed by atoms with Crippen molar-refractivity contribution in [2.24, 2.45) is 11.8 Å². The Kier molecular flexibility index (Phi) is 5.96. The first-order valence-electron chi connectivity index (χ1n) is 11.4. The first-order valence-corrected chi connectivity index (χ1v) is 12.2.